The molecule has 1 aromatic carbocycles. The summed E-state index contributed by atoms with van der Waals surface area (Å²) in [7, 11) is 0. The number of nitrogens with one attached hydrogen (secondary N) is 1. The zero-order valence-corrected chi connectivity index (χ0v) is 7.50. The topological polar surface area (TPSA) is 47.6 Å². The summed E-state index contributed by atoms with van der Waals surface area (Å²) in [6.45, 7) is 0.238. The summed E-state index contributed by atoms with van der Waals surface area (Å²) < 4.78 is 10.5. The van der Waals surface area contributed by atoms with Crippen molar-refractivity contribution in [1.29, 1.82) is 0 Å². The number of ether oxygens (including phenoxy) is 2. The molecule has 14 heavy (non-hydrogen) atoms. The van der Waals surface area contributed by atoms with Gasteiger partial charge in [0.25, 0.3) is 0 Å². The number of aryl methyl sites for hydroxylation is 1. The number of anilines is 1. The third-order valence-corrected chi connectivity index (χ3v) is 2.51. The lowest BCUT2D eigenvalue weighted by Crippen LogP contribution is -2.19. The second kappa shape index (κ2) is 2.64. The van der Waals surface area contributed by atoms with Gasteiger partial charge in [0.15, 0.2) is 11.5 Å². The van der Waals surface area contributed by atoms with E-state index in [1.54, 1.807) is 0 Å². The van der Waals surface area contributed by atoms with Crippen molar-refractivity contribution < 1.29 is 14.3 Å². The zero-order valence-electron chi connectivity index (χ0n) is 7.50. The van der Waals surface area contributed by atoms with E-state index in [0.717, 1.165) is 17.7 Å². The first kappa shape index (κ1) is 7.67. The summed E-state index contributed by atoms with van der Waals surface area (Å²) in [4.78, 5) is 11.2. The van der Waals surface area contributed by atoms with Crippen molar-refractivity contribution in [2.45, 2.75) is 12.8 Å². The van der Waals surface area contributed by atoms with Crippen LogP contribution in [0.25, 0.3) is 0 Å². The first-order valence-corrected chi connectivity index (χ1v) is 4.56. The molecule has 0 unspecified atom stereocenters. The van der Waals surface area contributed by atoms with E-state index in [9.17, 15) is 4.79 Å². The van der Waals surface area contributed by atoms with E-state index < -0.39 is 0 Å². The minimum atomic E-state index is 0.0430. The first-order chi connectivity index (χ1) is 6.84. The van der Waals surface area contributed by atoms with Crippen LogP contribution in [0.2, 0.25) is 0 Å². The van der Waals surface area contributed by atoms with Gasteiger partial charge < -0.3 is 14.8 Å². The van der Waals surface area contributed by atoms with Gasteiger partial charge in [-0.1, -0.05) is 6.07 Å². The number of carbonyl (C=O) groups is 1. The molecule has 4 nitrogen and oxygen atoms in total. The lowest BCUT2D eigenvalue weighted by atomic mass is 10.0. The number of rotatable bonds is 0. The molecule has 72 valence electrons. The highest BCUT2D eigenvalue weighted by molar-refractivity contribution is 5.96. The summed E-state index contributed by atoms with van der Waals surface area (Å²) in [5.74, 6) is 1.43. The Morgan fingerprint density at radius 3 is 3.07 bits per heavy atom. The van der Waals surface area contributed by atoms with Crippen LogP contribution in [0.4, 0.5) is 5.69 Å². The smallest absolute Gasteiger partial charge is 0.231 e. The molecule has 2 aliphatic heterocycles. The van der Waals surface area contributed by atoms with Crippen molar-refractivity contribution in [1.82, 2.24) is 0 Å². The lowest BCUT2D eigenvalue weighted by Gasteiger charge is -2.17. The number of hydrogen-bond donors (Lipinski definition) is 1. The molecule has 0 radical (unpaired) electrons. The third kappa shape index (κ3) is 0.968. The monoisotopic (exact) mass is 191 g/mol. The number of carbonyl (C=O) groups excluding carboxylic acids is 1. The van der Waals surface area contributed by atoms with Gasteiger partial charge in [0, 0.05) is 6.42 Å². The normalized spacial score (nSPS) is 17.6. The molecule has 0 saturated carbocycles. The largest absolute Gasteiger partial charge is 0.454 e. The van der Waals surface area contributed by atoms with Gasteiger partial charge in [-0.15, -0.1) is 0 Å². The van der Waals surface area contributed by atoms with Crippen molar-refractivity contribution in [3.63, 3.8) is 0 Å². The molecule has 4 heteroatoms. The van der Waals surface area contributed by atoms with E-state index in [0.29, 0.717) is 17.9 Å². The minimum Gasteiger partial charge on any atom is -0.454 e. The van der Waals surface area contributed by atoms with Crippen LogP contribution < -0.4 is 14.8 Å². The molecule has 2 aliphatic rings. The molecule has 0 atom stereocenters. The minimum absolute atomic E-state index is 0.0430. The molecular formula is C10H9NO3. The third-order valence-electron chi connectivity index (χ3n) is 2.51. The molecular weight excluding hydrogens is 182 g/mol. The molecule has 1 N–H and O–H groups in total. The molecule has 0 saturated heterocycles. The molecule has 3 rings (SSSR count). The summed E-state index contributed by atoms with van der Waals surface area (Å²) in [5.41, 5.74) is 1.91. The Balaban J connectivity index is 2.16. The predicted octanol–water partition coefficient (Wildman–Crippen LogP) is 1.30. The average molecular weight is 191 g/mol. The van der Waals surface area contributed by atoms with Crippen molar-refractivity contribution in [3.8, 4) is 11.5 Å². The standard InChI is InChI=1S/C10H9NO3/c12-8-4-2-6-1-3-7-10(9(6)11-8)14-5-13-7/h1,3H,2,4-5H2,(H,11,12). The van der Waals surface area contributed by atoms with E-state index in [4.69, 9.17) is 9.47 Å². The van der Waals surface area contributed by atoms with E-state index in [1.165, 1.54) is 0 Å². The van der Waals surface area contributed by atoms with Gasteiger partial charge in [-0.3, -0.25) is 4.79 Å². The number of hydrogen-bond acceptors (Lipinski definition) is 3. The van der Waals surface area contributed by atoms with Crippen LogP contribution in [0, 0.1) is 0 Å². The quantitative estimate of drug-likeness (QED) is 0.672. The molecule has 1 amide bonds. The maximum atomic E-state index is 11.2. The van der Waals surface area contributed by atoms with Crippen LogP contribution in [0.3, 0.4) is 0 Å². The van der Waals surface area contributed by atoms with Gasteiger partial charge in [0.05, 0.1) is 5.69 Å². The van der Waals surface area contributed by atoms with Gasteiger partial charge in [-0.25, -0.2) is 0 Å². The highest BCUT2D eigenvalue weighted by atomic mass is 16.7. The van der Waals surface area contributed by atoms with Crippen molar-refractivity contribution in [3.05, 3.63) is 17.7 Å². The van der Waals surface area contributed by atoms with E-state index in [2.05, 4.69) is 5.32 Å². The van der Waals surface area contributed by atoms with Crippen LogP contribution >= 0.6 is 0 Å². The Morgan fingerprint density at radius 1 is 1.21 bits per heavy atom. The number of fused-ring (bicyclic) bond motifs is 3. The van der Waals surface area contributed by atoms with Gasteiger partial charge >= 0.3 is 0 Å². The molecule has 0 fully saturated rings. The highest BCUT2D eigenvalue weighted by Gasteiger charge is 2.24. The van der Waals surface area contributed by atoms with Crippen LogP contribution in [0.1, 0.15) is 12.0 Å². The van der Waals surface area contributed by atoms with Crippen LogP contribution in [-0.2, 0) is 11.2 Å². The SMILES string of the molecule is O=C1CCc2ccc3c(c2N1)OCO3. The zero-order chi connectivity index (χ0) is 9.54. The first-order valence-electron chi connectivity index (χ1n) is 4.56. The molecule has 2 heterocycles. The number of benzene rings is 1. The fourth-order valence-corrected chi connectivity index (χ4v) is 1.81. The van der Waals surface area contributed by atoms with Crippen molar-refractivity contribution in [2.24, 2.45) is 0 Å². The molecule has 0 aliphatic carbocycles. The Bertz CT molecular complexity index is 414. The van der Waals surface area contributed by atoms with Gasteiger partial charge in [0.1, 0.15) is 0 Å². The fourth-order valence-electron chi connectivity index (χ4n) is 1.81. The van der Waals surface area contributed by atoms with Gasteiger partial charge in [0.2, 0.25) is 12.7 Å². The summed E-state index contributed by atoms with van der Waals surface area (Å²) in [6.07, 6.45) is 1.32. The van der Waals surface area contributed by atoms with Crippen LogP contribution in [0.5, 0.6) is 11.5 Å². The van der Waals surface area contributed by atoms with Crippen molar-refractivity contribution >= 4 is 11.6 Å². The van der Waals surface area contributed by atoms with Crippen molar-refractivity contribution in [2.75, 3.05) is 12.1 Å². The second-order valence-electron chi connectivity index (χ2n) is 3.38. The summed E-state index contributed by atoms with van der Waals surface area (Å²) >= 11 is 0. The van der Waals surface area contributed by atoms with Crippen LogP contribution in [0.15, 0.2) is 12.1 Å². The molecule has 1 aromatic rings. The highest BCUT2D eigenvalue weighted by Crippen LogP contribution is 2.43. The average Bonchev–Trinajstić information content (AvgIpc) is 2.65. The lowest BCUT2D eigenvalue weighted by molar-refractivity contribution is -0.116. The Kier molecular flexibility index (Phi) is 1.45. The van der Waals surface area contributed by atoms with Crippen LogP contribution in [-0.4, -0.2) is 12.7 Å². The number of amides is 1. The van der Waals surface area contributed by atoms with E-state index in [-0.39, 0.29) is 12.7 Å². The second-order valence-corrected chi connectivity index (χ2v) is 3.38. The Hall–Kier alpha value is -1.71. The maximum Gasteiger partial charge on any atom is 0.231 e. The maximum absolute atomic E-state index is 11.2. The van der Waals surface area contributed by atoms with Gasteiger partial charge in [-0.2, -0.15) is 0 Å². The Labute approximate surface area is 80.8 Å². The fraction of sp³-hybridized carbons (Fsp3) is 0.300. The predicted molar refractivity (Wildman–Crippen MR) is 49.5 cm³/mol. The molecule has 0 spiro atoms. The summed E-state index contributed by atoms with van der Waals surface area (Å²) in [6, 6.07) is 3.86. The molecule has 0 bridgehead atoms. The van der Waals surface area contributed by atoms with E-state index in [1.807, 2.05) is 12.1 Å². The Morgan fingerprint density at radius 2 is 2.14 bits per heavy atom. The summed E-state index contributed by atoms with van der Waals surface area (Å²) in [5, 5.41) is 2.82. The molecule has 0 aromatic heterocycles. The van der Waals surface area contributed by atoms with E-state index >= 15 is 0 Å². The van der Waals surface area contributed by atoms with Gasteiger partial charge in [-0.05, 0) is 18.1 Å².